The van der Waals surface area contributed by atoms with Crippen LogP contribution in [0.3, 0.4) is 0 Å². The van der Waals surface area contributed by atoms with Crippen LogP contribution < -0.4 is 4.74 Å². The van der Waals surface area contributed by atoms with Crippen molar-refractivity contribution in [2.24, 2.45) is 0 Å². The minimum Gasteiger partial charge on any atom is -0.456 e. The van der Waals surface area contributed by atoms with Crippen molar-refractivity contribution < 1.29 is 14.5 Å². The lowest BCUT2D eigenvalue weighted by Gasteiger charge is -2.22. The normalized spacial score (nSPS) is 18.5. The van der Waals surface area contributed by atoms with E-state index in [1.807, 2.05) is 48.5 Å². The number of fused-ring (bicyclic) bond motifs is 4. The van der Waals surface area contributed by atoms with Gasteiger partial charge in [0.1, 0.15) is 11.5 Å². The third-order valence-electron chi connectivity index (χ3n) is 2.95. The van der Waals surface area contributed by atoms with Gasteiger partial charge in [-0.1, -0.05) is 24.3 Å². The van der Waals surface area contributed by atoms with E-state index in [1.54, 1.807) is 0 Å². The van der Waals surface area contributed by atoms with Gasteiger partial charge >= 0.3 is 0 Å². The van der Waals surface area contributed by atoms with Crippen molar-refractivity contribution in [3.63, 3.8) is 0 Å². The Kier molecular flexibility index (Phi) is 1.37. The van der Waals surface area contributed by atoms with Crippen molar-refractivity contribution in [3.05, 3.63) is 59.7 Å². The smallest absolute Gasteiger partial charge is 0.291 e. The maximum Gasteiger partial charge on any atom is 0.291 e. The second-order valence-electron chi connectivity index (χ2n) is 3.88. The van der Waals surface area contributed by atoms with E-state index in [0.717, 1.165) is 22.6 Å². The lowest BCUT2D eigenvalue weighted by Crippen LogP contribution is -2.17. The molecule has 2 aromatic rings. The molecule has 0 bridgehead atoms. The van der Waals surface area contributed by atoms with Gasteiger partial charge in [0.2, 0.25) is 0 Å². The van der Waals surface area contributed by atoms with E-state index in [0.29, 0.717) is 0 Å². The summed E-state index contributed by atoms with van der Waals surface area (Å²) in [5.74, 6) is 0.850. The first-order chi connectivity index (χ1) is 7.90. The van der Waals surface area contributed by atoms with E-state index in [1.165, 1.54) is 0 Å². The van der Waals surface area contributed by atoms with Gasteiger partial charge in [-0.15, -0.1) is 0 Å². The van der Waals surface area contributed by atoms with Crippen molar-refractivity contribution >= 4 is 0 Å². The highest BCUT2D eigenvalue weighted by atomic mass is 17.4. The maximum atomic E-state index is 5.79. The maximum absolute atomic E-state index is 5.79. The first kappa shape index (κ1) is 8.33. The predicted octanol–water partition coefficient (Wildman–Crippen LogP) is 2.96. The van der Waals surface area contributed by atoms with Gasteiger partial charge < -0.3 is 4.74 Å². The van der Waals surface area contributed by atoms with Gasteiger partial charge in [-0.05, 0) is 24.3 Å². The molecule has 3 heteroatoms. The fourth-order valence-electron chi connectivity index (χ4n) is 2.14. The molecular formula is C13H8O3. The van der Waals surface area contributed by atoms with Gasteiger partial charge in [0.25, 0.3) is 5.79 Å². The fourth-order valence-corrected chi connectivity index (χ4v) is 2.14. The molecule has 0 amide bonds. The van der Waals surface area contributed by atoms with Crippen LogP contribution in [-0.4, -0.2) is 0 Å². The lowest BCUT2D eigenvalue weighted by molar-refractivity contribution is 0.0850. The molecule has 2 heterocycles. The Morgan fingerprint density at radius 1 is 0.688 bits per heavy atom. The Balaban J connectivity index is 2.02. The zero-order chi connectivity index (χ0) is 10.6. The molecule has 16 heavy (non-hydrogen) atoms. The highest BCUT2D eigenvalue weighted by Crippen LogP contribution is 2.56. The number of hydrogen-bond acceptors (Lipinski definition) is 3. The molecule has 3 nitrogen and oxygen atoms in total. The molecule has 2 aliphatic heterocycles. The van der Waals surface area contributed by atoms with Gasteiger partial charge in [0.15, 0.2) is 0 Å². The topological polar surface area (TPSA) is 34.3 Å². The number of ether oxygens (including phenoxy) is 1. The average molecular weight is 212 g/mol. The third kappa shape index (κ3) is 0.894. The summed E-state index contributed by atoms with van der Waals surface area (Å²) < 4.78 is 5.79. The molecule has 1 fully saturated rings. The molecule has 0 radical (unpaired) electrons. The van der Waals surface area contributed by atoms with E-state index < -0.39 is 5.79 Å². The van der Waals surface area contributed by atoms with E-state index in [-0.39, 0.29) is 0 Å². The van der Waals surface area contributed by atoms with Crippen molar-refractivity contribution in [2.75, 3.05) is 0 Å². The molecule has 4 rings (SSSR count). The number of rotatable bonds is 0. The lowest BCUT2D eigenvalue weighted by atomic mass is 9.95. The molecule has 1 spiro atoms. The Bertz CT molecular complexity index is 525. The summed E-state index contributed by atoms with van der Waals surface area (Å²) in [6.07, 6.45) is 0. The minimum atomic E-state index is -0.731. The van der Waals surface area contributed by atoms with Crippen molar-refractivity contribution in [1.82, 2.24) is 0 Å². The van der Waals surface area contributed by atoms with Crippen LogP contribution in [0.15, 0.2) is 48.5 Å². The molecule has 2 aliphatic rings. The second kappa shape index (κ2) is 2.64. The number of hydrogen-bond donors (Lipinski definition) is 0. The van der Waals surface area contributed by atoms with Gasteiger partial charge in [0.05, 0.1) is 11.1 Å². The fraction of sp³-hybridized carbons (Fsp3) is 0.0769. The molecule has 0 aromatic heterocycles. The summed E-state index contributed by atoms with van der Waals surface area (Å²) in [4.78, 5) is 10.4. The van der Waals surface area contributed by atoms with Crippen molar-refractivity contribution in [3.8, 4) is 11.5 Å². The average Bonchev–Trinajstić information content (AvgIpc) is 3.11. The summed E-state index contributed by atoms with van der Waals surface area (Å²) >= 11 is 0. The number of para-hydroxylation sites is 2. The second-order valence-corrected chi connectivity index (χ2v) is 3.88. The summed E-state index contributed by atoms with van der Waals surface area (Å²) in [5, 5.41) is 0. The quantitative estimate of drug-likeness (QED) is 0.497. The molecule has 0 atom stereocenters. The predicted molar refractivity (Wildman–Crippen MR) is 55.9 cm³/mol. The Morgan fingerprint density at radius 2 is 1.19 bits per heavy atom. The van der Waals surface area contributed by atoms with Crippen LogP contribution in [0.2, 0.25) is 0 Å². The van der Waals surface area contributed by atoms with E-state index in [9.17, 15) is 0 Å². The molecule has 0 aliphatic carbocycles. The third-order valence-corrected chi connectivity index (χ3v) is 2.95. The van der Waals surface area contributed by atoms with Crippen LogP contribution in [0.4, 0.5) is 0 Å². The largest absolute Gasteiger partial charge is 0.456 e. The van der Waals surface area contributed by atoms with Crippen molar-refractivity contribution in [1.29, 1.82) is 0 Å². The van der Waals surface area contributed by atoms with Crippen LogP contribution in [0, 0.1) is 0 Å². The molecule has 1 saturated heterocycles. The van der Waals surface area contributed by atoms with Crippen LogP contribution in [0.25, 0.3) is 0 Å². The highest BCUT2D eigenvalue weighted by Gasteiger charge is 2.58. The van der Waals surface area contributed by atoms with Crippen LogP contribution in [0.1, 0.15) is 11.1 Å². The summed E-state index contributed by atoms with van der Waals surface area (Å²) in [7, 11) is 0. The summed E-state index contributed by atoms with van der Waals surface area (Å²) in [6, 6.07) is 15.5. The van der Waals surface area contributed by atoms with Gasteiger partial charge in [-0.3, -0.25) is 0 Å². The minimum absolute atomic E-state index is 0.731. The van der Waals surface area contributed by atoms with Gasteiger partial charge in [-0.2, -0.15) is 9.78 Å². The van der Waals surface area contributed by atoms with Crippen molar-refractivity contribution in [2.45, 2.75) is 5.79 Å². The van der Waals surface area contributed by atoms with E-state index in [2.05, 4.69) is 0 Å². The van der Waals surface area contributed by atoms with Gasteiger partial charge in [0, 0.05) is 0 Å². The molecule has 0 N–H and O–H groups in total. The van der Waals surface area contributed by atoms with Crippen LogP contribution in [0.5, 0.6) is 11.5 Å². The Hall–Kier alpha value is -1.84. The zero-order valence-corrected chi connectivity index (χ0v) is 8.34. The standard InChI is InChI=1S/C13H8O3/c1-3-7-11-9(5-1)13(15-16-13)10-6-2-4-8-12(10)14-11/h1-8H. The van der Waals surface area contributed by atoms with Gasteiger partial charge in [-0.25, -0.2) is 0 Å². The monoisotopic (exact) mass is 212 g/mol. The molecule has 0 saturated carbocycles. The van der Waals surface area contributed by atoms with Crippen LogP contribution in [-0.2, 0) is 15.6 Å². The molecule has 0 unspecified atom stereocenters. The Labute approximate surface area is 92.1 Å². The SMILES string of the molecule is c1ccc2c(c1)Oc1ccccc1C21OO1. The van der Waals surface area contributed by atoms with E-state index in [4.69, 9.17) is 14.5 Å². The summed E-state index contributed by atoms with van der Waals surface area (Å²) in [5.41, 5.74) is 1.85. The number of benzene rings is 2. The van der Waals surface area contributed by atoms with Crippen LogP contribution >= 0.6 is 0 Å². The first-order valence-electron chi connectivity index (χ1n) is 5.14. The molecule has 78 valence electrons. The summed E-state index contributed by atoms with van der Waals surface area (Å²) in [6.45, 7) is 0. The molecule has 2 aromatic carbocycles. The van der Waals surface area contributed by atoms with E-state index >= 15 is 0 Å². The molecular weight excluding hydrogens is 204 g/mol. The first-order valence-corrected chi connectivity index (χ1v) is 5.14. The zero-order valence-electron chi connectivity index (χ0n) is 8.34. The Morgan fingerprint density at radius 3 is 1.69 bits per heavy atom. The highest BCUT2D eigenvalue weighted by molar-refractivity contribution is 5.55.